The zero-order valence-corrected chi connectivity index (χ0v) is 12.0. The standard InChI is InChI=1S/C15H26N2O/c1-12(16)8-9-17-11-15(2,3)13-6-5-7-14(10-13)18-4/h5-7,10,12,17H,8-9,11,16H2,1-4H3. The first-order valence-corrected chi connectivity index (χ1v) is 6.56. The molecule has 1 aromatic carbocycles. The van der Waals surface area contributed by atoms with E-state index in [9.17, 15) is 0 Å². The van der Waals surface area contributed by atoms with Crippen LogP contribution in [0.25, 0.3) is 0 Å². The van der Waals surface area contributed by atoms with E-state index in [0.717, 1.165) is 25.3 Å². The molecule has 0 saturated heterocycles. The summed E-state index contributed by atoms with van der Waals surface area (Å²) in [5.41, 5.74) is 7.11. The molecular weight excluding hydrogens is 224 g/mol. The second kappa shape index (κ2) is 6.76. The van der Waals surface area contributed by atoms with Crippen LogP contribution in [0.4, 0.5) is 0 Å². The van der Waals surface area contributed by atoms with Gasteiger partial charge >= 0.3 is 0 Å². The molecule has 1 aromatic rings. The fourth-order valence-electron chi connectivity index (χ4n) is 1.88. The molecule has 18 heavy (non-hydrogen) atoms. The van der Waals surface area contributed by atoms with Crippen LogP contribution in [-0.4, -0.2) is 26.2 Å². The maximum atomic E-state index is 5.73. The molecule has 0 aliphatic carbocycles. The number of rotatable bonds is 7. The van der Waals surface area contributed by atoms with Crippen molar-refractivity contribution in [3.8, 4) is 5.75 Å². The van der Waals surface area contributed by atoms with E-state index < -0.39 is 0 Å². The van der Waals surface area contributed by atoms with Gasteiger partial charge in [-0.25, -0.2) is 0 Å². The monoisotopic (exact) mass is 250 g/mol. The van der Waals surface area contributed by atoms with Crippen molar-refractivity contribution < 1.29 is 4.74 Å². The Balaban J connectivity index is 2.56. The van der Waals surface area contributed by atoms with Crippen LogP contribution >= 0.6 is 0 Å². The topological polar surface area (TPSA) is 47.3 Å². The van der Waals surface area contributed by atoms with Gasteiger partial charge in [0.05, 0.1) is 7.11 Å². The summed E-state index contributed by atoms with van der Waals surface area (Å²) in [6, 6.07) is 8.53. The molecule has 3 heteroatoms. The lowest BCUT2D eigenvalue weighted by Gasteiger charge is -2.26. The summed E-state index contributed by atoms with van der Waals surface area (Å²) < 4.78 is 5.27. The molecule has 1 unspecified atom stereocenters. The van der Waals surface area contributed by atoms with Gasteiger partial charge in [-0.3, -0.25) is 0 Å². The Kier molecular flexibility index (Phi) is 5.63. The summed E-state index contributed by atoms with van der Waals surface area (Å²) in [5.74, 6) is 0.913. The Bertz CT molecular complexity index is 361. The van der Waals surface area contributed by atoms with E-state index >= 15 is 0 Å². The second-order valence-electron chi connectivity index (χ2n) is 5.56. The lowest BCUT2D eigenvalue weighted by Crippen LogP contribution is -2.35. The predicted octanol–water partition coefficient (Wildman–Crippen LogP) is 2.30. The van der Waals surface area contributed by atoms with Crippen LogP contribution in [0, 0.1) is 0 Å². The smallest absolute Gasteiger partial charge is 0.119 e. The van der Waals surface area contributed by atoms with Gasteiger partial charge in [-0.1, -0.05) is 26.0 Å². The number of ether oxygens (including phenoxy) is 1. The lowest BCUT2D eigenvalue weighted by molar-refractivity contribution is 0.409. The Labute approximate surface area is 111 Å². The summed E-state index contributed by atoms with van der Waals surface area (Å²) in [5, 5.41) is 3.47. The molecule has 0 saturated carbocycles. The SMILES string of the molecule is COc1cccc(C(C)(C)CNCCC(C)N)c1. The van der Waals surface area contributed by atoms with Crippen molar-refractivity contribution in [3.63, 3.8) is 0 Å². The van der Waals surface area contributed by atoms with E-state index in [2.05, 4.69) is 31.3 Å². The highest BCUT2D eigenvalue weighted by Gasteiger charge is 2.20. The number of benzene rings is 1. The van der Waals surface area contributed by atoms with Crippen LogP contribution in [0.1, 0.15) is 32.8 Å². The Morgan fingerprint density at radius 3 is 2.72 bits per heavy atom. The van der Waals surface area contributed by atoms with E-state index in [1.165, 1.54) is 5.56 Å². The highest BCUT2D eigenvalue weighted by Crippen LogP contribution is 2.25. The highest BCUT2D eigenvalue weighted by molar-refractivity contribution is 5.33. The third-order valence-electron chi connectivity index (χ3n) is 3.19. The second-order valence-corrected chi connectivity index (χ2v) is 5.56. The van der Waals surface area contributed by atoms with Crippen molar-refractivity contribution in [2.45, 2.75) is 38.6 Å². The fourth-order valence-corrected chi connectivity index (χ4v) is 1.88. The van der Waals surface area contributed by atoms with Gasteiger partial charge in [-0.2, -0.15) is 0 Å². The highest BCUT2D eigenvalue weighted by atomic mass is 16.5. The van der Waals surface area contributed by atoms with Gasteiger partial charge in [0.25, 0.3) is 0 Å². The average molecular weight is 250 g/mol. The normalized spacial score (nSPS) is 13.4. The van der Waals surface area contributed by atoms with Gasteiger partial charge in [0.15, 0.2) is 0 Å². The number of methoxy groups -OCH3 is 1. The maximum absolute atomic E-state index is 5.73. The minimum atomic E-state index is 0.0897. The zero-order valence-electron chi connectivity index (χ0n) is 12.0. The van der Waals surface area contributed by atoms with E-state index in [4.69, 9.17) is 10.5 Å². The summed E-state index contributed by atoms with van der Waals surface area (Å²) >= 11 is 0. The molecule has 0 bridgehead atoms. The first-order valence-electron chi connectivity index (χ1n) is 6.56. The van der Waals surface area contributed by atoms with E-state index in [0.29, 0.717) is 0 Å². The van der Waals surface area contributed by atoms with Crippen LogP contribution in [-0.2, 0) is 5.41 Å². The molecule has 1 atom stereocenters. The van der Waals surface area contributed by atoms with Gasteiger partial charge in [0, 0.05) is 18.0 Å². The molecule has 0 spiro atoms. The molecular formula is C15H26N2O. The van der Waals surface area contributed by atoms with Crippen LogP contribution in [0.3, 0.4) is 0 Å². The Hall–Kier alpha value is -1.06. The zero-order chi connectivity index (χ0) is 13.6. The third-order valence-corrected chi connectivity index (χ3v) is 3.19. The molecule has 0 fully saturated rings. The summed E-state index contributed by atoms with van der Waals surface area (Å²) in [4.78, 5) is 0. The summed E-state index contributed by atoms with van der Waals surface area (Å²) in [7, 11) is 1.70. The van der Waals surface area contributed by atoms with Crippen molar-refractivity contribution in [2.24, 2.45) is 5.73 Å². The largest absolute Gasteiger partial charge is 0.497 e. The van der Waals surface area contributed by atoms with E-state index in [1.807, 2.05) is 19.1 Å². The van der Waals surface area contributed by atoms with Crippen LogP contribution in [0.15, 0.2) is 24.3 Å². The fraction of sp³-hybridized carbons (Fsp3) is 0.600. The van der Waals surface area contributed by atoms with Gasteiger partial charge in [-0.05, 0) is 37.6 Å². The Morgan fingerprint density at radius 1 is 1.39 bits per heavy atom. The Morgan fingerprint density at radius 2 is 2.11 bits per heavy atom. The minimum Gasteiger partial charge on any atom is -0.497 e. The first-order chi connectivity index (χ1) is 8.45. The first kappa shape index (κ1) is 15.0. The molecule has 102 valence electrons. The molecule has 3 N–H and O–H groups in total. The number of nitrogens with two attached hydrogens (primary N) is 1. The van der Waals surface area contributed by atoms with Crippen LogP contribution in [0.2, 0.25) is 0 Å². The number of hydrogen-bond donors (Lipinski definition) is 2. The molecule has 0 amide bonds. The quantitative estimate of drug-likeness (QED) is 0.730. The van der Waals surface area contributed by atoms with Crippen molar-refractivity contribution >= 4 is 0 Å². The average Bonchev–Trinajstić information content (AvgIpc) is 2.34. The van der Waals surface area contributed by atoms with Gasteiger partial charge < -0.3 is 15.8 Å². The molecule has 0 aliphatic heterocycles. The van der Waals surface area contributed by atoms with Crippen molar-refractivity contribution in [2.75, 3.05) is 20.2 Å². The summed E-state index contributed by atoms with van der Waals surface area (Å²) in [6.45, 7) is 8.41. The van der Waals surface area contributed by atoms with Crippen molar-refractivity contribution in [1.29, 1.82) is 0 Å². The number of hydrogen-bond acceptors (Lipinski definition) is 3. The van der Waals surface area contributed by atoms with E-state index in [-0.39, 0.29) is 11.5 Å². The molecule has 3 nitrogen and oxygen atoms in total. The van der Waals surface area contributed by atoms with Crippen LogP contribution < -0.4 is 15.8 Å². The molecule has 1 rings (SSSR count). The molecule has 0 heterocycles. The van der Waals surface area contributed by atoms with Gasteiger partial charge in [0.2, 0.25) is 0 Å². The lowest BCUT2D eigenvalue weighted by atomic mass is 9.84. The van der Waals surface area contributed by atoms with Gasteiger partial charge in [-0.15, -0.1) is 0 Å². The van der Waals surface area contributed by atoms with Crippen molar-refractivity contribution in [1.82, 2.24) is 5.32 Å². The molecule has 0 radical (unpaired) electrons. The predicted molar refractivity (Wildman–Crippen MR) is 77.2 cm³/mol. The third kappa shape index (κ3) is 4.67. The van der Waals surface area contributed by atoms with Crippen LogP contribution in [0.5, 0.6) is 5.75 Å². The maximum Gasteiger partial charge on any atom is 0.119 e. The number of nitrogens with one attached hydrogen (secondary N) is 1. The minimum absolute atomic E-state index is 0.0897. The molecule has 0 aliphatic rings. The summed E-state index contributed by atoms with van der Waals surface area (Å²) in [6.07, 6.45) is 1.01. The van der Waals surface area contributed by atoms with Gasteiger partial charge in [0.1, 0.15) is 5.75 Å². The molecule has 0 aromatic heterocycles. The van der Waals surface area contributed by atoms with E-state index in [1.54, 1.807) is 7.11 Å². The van der Waals surface area contributed by atoms with Crippen molar-refractivity contribution in [3.05, 3.63) is 29.8 Å².